The second kappa shape index (κ2) is 5.46. The standard InChI is InChI=1S/C19H22BFN2O3/c1-17(2)18(3,4)26-20(25-17)12-9-10-13(14(21)11-12)19(22)23-15-7-5-6-8-16(15)24-19/h5-11,23H,22H2,1-4H3. The van der Waals surface area contributed by atoms with Crippen LogP contribution in [0.4, 0.5) is 10.1 Å². The van der Waals surface area contributed by atoms with Gasteiger partial charge in [0.25, 0.3) is 5.85 Å². The van der Waals surface area contributed by atoms with Crippen LogP contribution >= 0.6 is 0 Å². The number of para-hydroxylation sites is 2. The van der Waals surface area contributed by atoms with Gasteiger partial charge in [-0.15, -0.1) is 0 Å². The van der Waals surface area contributed by atoms with Crippen LogP contribution in [0, 0.1) is 5.82 Å². The fraction of sp³-hybridized carbons (Fsp3) is 0.368. The molecule has 2 aliphatic heterocycles. The number of nitrogens with one attached hydrogen (secondary N) is 1. The number of fused-ring (bicyclic) bond motifs is 1. The second-order valence-electron chi connectivity index (χ2n) is 7.79. The molecule has 0 aromatic heterocycles. The van der Waals surface area contributed by atoms with Crippen molar-refractivity contribution in [1.82, 2.24) is 0 Å². The third kappa shape index (κ3) is 2.58. The Hall–Kier alpha value is -2.09. The smallest absolute Gasteiger partial charge is 0.448 e. The summed E-state index contributed by atoms with van der Waals surface area (Å²) in [7, 11) is -0.632. The van der Waals surface area contributed by atoms with Crippen LogP contribution < -0.4 is 21.3 Å². The lowest BCUT2D eigenvalue weighted by Gasteiger charge is -2.32. The molecule has 5 nitrogen and oxygen atoms in total. The lowest BCUT2D eigenvalue weighted by Crippen LogP contribution is -2.47. The van der Waals surface area contributed by atoms with Gasteiger partial charge in [0.15, 0.2) is 0 Å². The first kappa shape index (κ1) is 17.3. The van der Waals surface area contributed by atoms with Crippen LogP contribution in [-0.2, 0) is 15.2 Å². The van der Waals surface area contributed by atoms with Gasteiger partial charge in [-0.2, -0.15) is 0 Å². The van der Waals surface area contributed by atoms with Crippen molar-refractivity contribution in [3.8, 4) is 5.75 Å². The zero-order valence-electron chi connectivity index (χ0n) is 15.3. The van der Waals surface area contributed by atoms with Gasteiger partial charge in [-0.1, -0.05) is 18.2 Å². The molecule has 2 aromatic rings. The van der Waals surface area contributed by atoms with Gasteiger partial charge in [-0.3, -0.25) is 5.73 Å². The molecule has 0 saturated carbocycles. The first-order valence-electron chi connectivity index (χ1n) is 8.62. The highest BCUT2D eigenvalue weighted by atomic mass is 19.1. The monoisotopic (exact) mass is 356 g/mol. The number of hydrogen-bond donors (Lipinski definition) is 2. The van der Waals surface area contributed by atoms with Gasteiger partial charge >= 0.3 is 7.12 Å². The minimum atomic E-state index is -1.46. The minimum absolute atomic E-state index is 0.217. The zero-order chi connectivity index (χ0) is 18.7. The van der Waals surface area contributed by atoms with Crippen molar-refractivity contribution in [3.63, 3.8) is 0 Å². The molecule has 0 bridgehead atoms. The normalized spacial score (nSPS) is 25.5. The van der Waals surface area contributed by atoms with Gasteiger partial charge in [0.05, 0.1) is 22.5 Å². The lowest BCUT2D eigenvalue weighted by atomic mass is 9.78. The molecule has 3 N–H and O–H groups in total. The van der Waals surface area contributed by atoms with Crippen LogP contribution in [0.5, 0.6) is 5.75 Å². The maximum Gasteiger partial charge on any atom is 0.494 e. The second-order valence-corrected chi connectivity index (χ2v) is 7.79. The number of ether oxygens (including phenoxy) is 1. The van der Waals surface area contributed by atoms with Gasteiger partial charge in [-0.05, 0) is 57.4 Å². The van der Waals surface area contributed by atoms with E-state index < -0.39 is 30.0 Å². The van der Waals surface area contributed by atoms with Gasteiger partial charge < -0.3 is 19.4 Å². The summed E-state index contributed by atoms with van der Waals surface area (Å²) in [4.78, 5) is 0. The maximum absolute atomic E-state index is 14.9. The molecule has 1 saturated heterocycles. The SMILES string of the molecule is CC1(C)OB(c2ccc(C3(N)Nc4ccccc4O3)c(F)c2)OC1(C)C. The third-order valence-electron chi connectivity index (χ3n) is 5.40. The highest BCUT2D eigenvalue weighted by Crippen LogP contribution is 2.40. The topological polar surface area (TPSA) is 65.7 Å². The number of rotatable bonds is 2. The average Bonchev–Trinajstić information content (AvgIpc) is 3.00. The van der Waals surface area contributed by atoms with Crippen LogP contribution in [0.1, 0.15) is 33.3 Å². The largest absolute Gasteiger partial charge is 0.494 e. The Kier molecular flexibility index (Phi) is 3.64. The number of hydrogen-bond acceptors (Lipinski definition) is 5. The molecule has 2 heterocycles. The van der Waals surface area contributed by atoms with Crippen molar-refractivity contribution in [3.05, 3.63) is 53.8 Å². The van der Waals surface area contributed by atoms with E-state index in [2.05, 4.69) is 5.32 Å². The molecule has 0 amide bonds. The predicted molar refractivity (Wildman–Crippen MR) is 98.7 cm³/mol. The summed E-state index contributed by atoms with van der Waals surface area (Å²) in [5.41, 5.74) is 6.86. The maximum atomic E-state index is 14.9. The molecule has 0 aliphatic carbocycles. The molecule has 136 valence electrons. The molecule has 2 aromatic carbocycles. The molecule has 0 radical (unpaired) electrons. The van der Waals surface area contributed by atoms with Gasteiger partial charge in [0, 0.05) is 0 Å². The summed E-state index contributed by atoms with van der Waals surface area (Å²) in [5.74, 6) is -1.35. The van der Waals surface area contributed by atoms with Crippen LogP contribution in [0.25, 0.3) is 0 Å². The van der Waals surface area contributed by atoms with Crippen LogP contribution in [0.3, 0.4) is 0 Å². The molecular weight excluding hydrogens is 334 g/mol. The summed E-state index contributed by atoms with van der Waals surface area (Å²) >= 11 is 0. The Labute approximate surface area is 152 Å². The van der Waals surface area contributed by atoms with E-state index in [1.54, 1.807) is 18.2 Å². The zero-order valence-corrected chi connectivity index (χ0v) is 15.3. The Balaban J connectivity index is 1.62. The molecular formula is C19H22BFN2O3. The minimum Gasteiger partial charge on any atom is -0.448 e. The van der Waals surface area contributed by atoms with Gasteiger partial charge in [-0.25, -0.2) is 4.39 Å². The number of benzene rings is 2. The Morgan fingerprint density at radius 2 is 1.65 bits per heavy atom. The van der Waals surface area contributed by atoms with Crippen molar-refractivity contribution in [1.29, 1.82) is 0 Å². The van der Waals surface area contributed by atoms with E-state index in [-0.39, 0.29) is 5.56 Å². The van der Waals surface area contributed by atoms with Gasteiger partial charge in [0.1, 0.15) is 11.6 Å². The van der Waals surface area contributed by atoms with E-state index in [0.29, 0.717) is 11.2 Å². The third-order valence-corrected chi connectivity index (χ3v) is 5.40. The summed E-state index contributed by atoms with van der Waals surface area (Å²) in [6.45, 7) is 7.83. The Bertz CT molecular complexity index is 831. The Morgan fingerprint density at radius 3 is 2.27 bits per heavy atom. The van der Waals surface area contributed by atoms with Crippen LogP contribution in [0.15, 0.2) is 42.5 Å². The quantitative estimate of drug-likeness (QED) is 0.810. The molecule has 7 heteroatoms. The summed E-state index contributed by atoms with van der Waals surface area (Å²) in [5, 5.41) is 3.04. The van der Waals surface area contributed by atoms with E-state index in [9.17, 15) is 4.39 Å². The first-order valence-corrected chi connectivity index (χ1v) is 8.62. The highest BCUT2D eigenvalue weighted by Gasteiger charge is 2.52. The van der Waals surface area contributed by atoms with Crippen molar-refractivity contribution in [2.75, 3.05) is 5.32 Å². The molecule has 2 aliphatic rings. The molecule has 1 fully saturated rings. The van der Waals surface area contributed by atoms with Crippen molar-refractivity contribution in [2.24, 2.45) is 5.73 Å². The lowest BCUT2D eigenvalue weighted by molar-refractivity contribution is 0.00578. The highest BCUT2D eigenvalue weighted by molar-refractivity contribution is 6.62. The number of anilines is 1. The number of halogens is 1. The summed E-state index contributed by atoms with van der Waals surface area (Å²) < 4.78 is 32.6. The van der Waals surface area contributed by atoms with Gasteiger partial charge in [0.2, 0.25) is 0 Å². The van der Waals surface area contributed by atoms with E-state index >= 15 is 0 Å². The van der Waals surface area contributed by atoms with E-state index in [1.807, 2.05) is 45.9 Å². The van der Waals surface area contributed by atoms with Crippen LogP contribution in [0.2, 0.25) is 0 Å². The molecule has 26 heavy (non-hydrogen) atoms. The average molecular weight is 356 g/mol. The first-order chi connectivity index (χ1) is 12.1. The fourth-order valence-electron chi connectivity index (χ4n) is 3.14. The molecule has 1 unspecified atom stereocenters. The van der Waals surface area contributed by atoms with E-state index in [0.717, 1.165) is 5.69 Å². The summed E-state index contributed by atoms with van der Waals surface area (Å²) in [6.07, 6.45) is 0. The van der Waals surface area contributed by atoms with Crippen molar-refractivity contribution in [2.45, 2.75) is 44.7 Å². The van der Waals surface area contributed by atoms with Crippen LogP contribution in [-0.4, -0.2) is 18.3 Å². The molecule has 1 atom stereocenters. The Morgan fingerprint density at radius 1 is 1.00 bits per heavy atom. The number of nitrogens with two attached hydrogens (primary N) is 1. The van der Waals surface area contributed by atoms with E-state index in [4.69, 9.17) is 19.8 Å². The molecule has 0 spiro atoms. The van der Waals surface area contributed by atoms with Crippen molar-refractivity contribution < 1.29 is 18.4 Å². The van der Waals surface area contributed by atoms with E-state index in [1.165, 1.54) is 6.07 Å². The molecule has 4 rings (SSSR count). The fourth-order valence-corrected chi connectivity index (χ4v) is 3.14. The summed E-state index contributed by atoms with van der Waals surface area (Å²) in [6, 6.07) is 12.1. The predicted octanol–water partition coefficient (Wildman–Crippen LogP) is 2.70. The van der Waals surface area contributed by atoms with Crippen molar-refractivity contribution >= 4 is 18.3 Å².